The van der Waals surface area contributed by atoms with Crippen molar-refractivity contribution in [2.24, 2.45) is 11.8 Å². The molecule has 17 heavy (non-hydrogen) atoms. The van der Waals surface area contributed by atoms with E-state index >= 15 is 0 Å². The molecule has 1 fully saturated rings. The number of ketones is 1. The lowest BCUT2D eigenvalue weighted by molar-refractivity contribution is -0.134. The van der Waals surface area contributed by atoms with Crippen LogP contribution in [0, 0.1) is 11.8 Å². The number of esters is 1. The number of hydrogen-bond donors (Lipinski definition) is 0. The Balaban J connectivity index is 2.46. The molecule has 2 unspecified atom stereocenters. The smallest absolute Gasteiger partial charge is 0.331 e. The van der Waals surface area contributed by atoms with Crippen LogP contribution in [0.5, 0.6) is 0 Å². The molecule has 0 heterocycles. The topological polar surface area (TPSA) is 43.4 Å². The van der Waals surface area contributed by atoms with Gasteiger partial charge in [0.05, 0.1) is 7.11 Å². The zero-order valence-electron chi connectivity index (χ0n) is 10.4. The first-order valence-electron chi connectivity index (χ1n) is 6.01. The minimum atomic E-state index is -0.322. The summed E-state index contributed by atoms with van der Waals surface area (Å²) >= 11 is 2.14. The van der Waals surface area contributed by atoms with E-state index in [-0.39, 0.29) is 11.9 Å². The minimum absolute atomic E-state index is 0.180. The Bertz CT molecular complexity index is 323. The molecule has 0 spiro atoms. The molecule has 0 N–H and O–H groups in total. The molecule has 1 aliphatic rings. The number of ether oxygens (including phenoxy) is 1. The van der Waals surface area contributed by atoms with Gasteiger partial charge in [0.2, 0.25) is 0 Å². The predicted molar refractivity (Wildman–Crippen MR) is 74.9 cm³/mol. The Kier molecular flexibility index (Phi) is 6.16. The van der Waals surface area contributed by atoms with Crippen LogP contribution in [0.1, 0.15) is 39.0 Å². The second kappa shape index (κ2) is 7.13. The summed E-state index contributed by atoms with van der Waals surface area (Å²) in [5, 5.41) is 0. The third kappa shape index (κ3) is 4.77. The maximum absolute atomic E-state index is 11.8. The van der Waals surface area contributed by atoms with Crippen LogP contribution in [0.2, 0.25) is 0 Å². The number of allylic oxidation sites excluding steroid dienone is 1. The van der Waals surface area contributed by atoms with Crippen molar-refractivity contribution in [2.45, 2.75) is 39.0 Å². The van der Waals surface area contributed by atoms with E-state index in [1.165, 1.54) is 13.2 Å². The highest BCUT2D eigenvalue weighted by Crippen LogP contribution is 2.32. The lowest BCUT2D eigenvalue weighted by Gasteiger charge is -2.27. The van der Waals surface area contributed by atoms with Crippen molar-refractivity contribution in [2.75, 3.05) is 7.11 Å². The third-order valence-electron chi connectivity index (χ3n) is 3.35. The fourth-order valence-electron chi connectivity index (χ4n) is 2.30. The molecule has 3 nitrogen and oxygen atoms in total. The van der Waals surface area contributed by atoms with Crippen LogP contribution >= 0.6 is 22.6 Å². The van der Waals surface area contributed by atoms with Gasteiger partial charge >= 0.3 is 5.97 Å². The average molecular weight is 350 g/mol. The van der Waals surface area contributed by atoms with Crippen LogP contribution in [0.3, 0.4) is 0 Å². The molecule has 0 radical (unpaired) electrons. The number of methoxy groups -OCH3 is 1. The first-order chi connectivity index (χ1) is 8.04. The van der Waals surface area contributed by atoms with E-state index in [4.69, 9.17) is 0 Å². The van der Waals surface area contributed by atoms with Crippen molar-refractivity contribution in [1.29, 1.82) is 0 Å². The molecule has 2 atom stereocenters. The summed E-state index contributed by atoms with van der Waals surface area (Å²) < 4.78 is 5.53. The van der Waals surface area contributed by atoms with Gasteiger partial charge in [-0.3, -0.25) is 4.79 Å². The van der Waals surface area contributed by atoms with E-state index < -0.39 is 0 Å². The highest BCUT2D eigenvalue weighted by atomic mass is 127. The second-order valence-electron chi connectivity index (χ2n) is 4.60. The normalized spacial score (nSPS) is 25.8. The molecule has 0 bridgehead atoms. The summed E-state index contributed by atoms with van der Waals surface area (Å²) in [5.74, 6) is 0.738. The highest BCUT2D eigenvalue weighted by Gasteiger charge is 2.28. The van der Waals surface area contributed by atoms with E-state index in [1.54, 1.807) is 0 Å². The molecular weight excluding hydrogens is 331 g/mol. The third-order valence-corrected chi connectivity index (χ3v) is 4.20. The van der Waals surface area contributed by atoms with Crippen LogP contribution in [0.25, 0.3) is 0 Å². The maximum atomic E-state index is 11.8. The molecule has 0 aliphatic heterocycles. The van der Waals surface area contributed by atoms with Crippen LogP contribution < -0.4 is 0 Å². The summed E-state index contributed by atoms with van der Waals surface area (Å²) in [6.07, 6.45) is 6.05. The Hall–Kier alpha value is -0.390. The Labute approximate surface area is 116 Å². The van der Waals surface area contributed by atoms with E-state index in [1.807, 2.05) is 0 Å². The van der Waals surface area contributed by atoms with Crippen molar-refractivity contribution in [3.05, 3.63) is 9.66 Å². The van der Waals surface area contributed by atoms with E-state index in [2.05, 4.69) is 34.3 Å². The molecule has 0 amide bonds. The lowest BCUT2D eigenvalue weighted by Crippen LogP contribution is -2.26. The van der Waals surface area contributed by atoms with Gasteiger partial charge in [0.25, 0.3) is 0 Å². The molecular formula is C13H19IO3. The molecule has 0 aromatic rings. The quantitative estimate of drug-likeness (QED) is 0.444. The van der Waals surface area contributed by atoms with Crippen molar-refractivity contribution in [3.8, 4) is 0 Å². The van der Waals surface area contributed by atoms with E-state index in [9.17, 15) is 9.59 Å². The molecule has 4 heteroatoms. The number of halogens is 1. The monoisotopic (exact) mass is 350 g/mol. The van der Waals surface area contributed by atoms with Gasteiger partial charge < -0.3 is 4.74 Å². The highest BCUT2D eigenvalue weighted by molar-refractivity contribution is 14.1. The van der Waals surface area contributed by atoms with E-state index in [0.29, 0.717) is 11.7 Å². The fraction of sp³-hybridized carbons (Fsp3) is 0.692. The van der Waals surface area contributed by atoms with Crippen molar-refractivity contribution < 1.29 is 14.3 Å². The van der Waals surface area contributed by atoms with Crippen LogP contribution in [-0.4, -0.2) is 18.9 Å². The Morgan fingerprint density at radius 2 is 2.29 bits per heavy atom. The molecule has 0 saturated heterocycles. The Morgan fingerprint density at radius 1 is 1.59 bits per heavy atom. The summed E-state index contributed by atoms with van der Waals surface area (Å²) in [4.78, 5) is 22.8. The standard InChI is InChI=1S/C13H19IO3/c1-9-4-3-5-12(15)11(9)7-6-10(14)8-13(16)17-2/h8-9,11H,3-7H2,1-2H3/b10-8-. The molecule has 0 aromatic carbocycles. The van der Waals surface area contributed by atoms with Gasteiger partial charge in [0.1, 0.15) is 5.78 Å². The zero-order chi connectivity index (χ0) is 12.8. The SMILES string of the molecule is COC(=O)/C=C(\I)CCC1C(=O)CCCC1C. The lowest BCUT2D eigenvalue weighted by atomic mass is 9.77. The summed E-state index contributed by atoms with van der Waals surface area (Å²) in [5.41, 5.74) is 0. The first-order valence-corrected chi connectivity index (χ1v) is 7.09. The largest absolute Gasteiger partial charge is 0.466 e. The average Bonchev–Trinajstić information content (AvgIpc) is 2.28. The van der Waals surface area contributed by atoms with Gasteiger partial charge in [-0.1, -0.05) is 6.92 Å². The van der Waals surface area contributed by atoms with Gasteiger partial charge in [0, 0.05) is 18.4 Å². The summed E-state index contributed by atoms with van der Waals surface area (Å²) in [6.45, 7) is 2.15. The molecule has 96 valence electrons. The van der Waals surface area contributed by atoms with Crippen LogP contribution in [0.4, 0.5) is 0 Å². The number of carbonyl (C=O) groups excluding carboxylic acids is 2. The van der Waals surface area contributed by atoms with Gasteiger partial charge in [-0.2, -0.15) is 0 Å². The Morgan fingerprint density at radius 3 is 2.88 bits per heavy atom. The number of carbonyl (C=O) groups is 2. The molecule has 1 rings (SSSR count). The van der Waals surface area contributed by atoms with Crippen LogP contribution in [-0.2, 0) is 14.3 Å². The maximum Gasteiger partial charge on any atom is 0.331 e. The van der Waals surface area contributed by atoms with Gasteiger partial charge in [-0.05, 0) is 57.8 Å². The van der Waals surface area contributed by atoms with E-state index in [0.717, 1.165) is 35.7 Å². The molecule has 1 aliphatic carbocycles. The van der Waals surface area contributed by atoms with Crippen LogP contribution in [0.15, 0.2) is 9.66 Å². The number of rotatable bonds is 4. The zero-order valence-corrected chi connectivity index (χ0v) is 12.5. The van der Waals surface area contributed by atoms with Gasteiger partial charge in [-0.15, -0.1) is 0 Å². The summed E-state index contributed by atoms with van der Waals surface area (Å²) in [7, 11) is 1.37. The first kappa shape index (κ1) is 14.7. The predicted octanol–water partition coefficient (Wildman–Crippen LogP) is 3.26. The summed E-state index contributed by atoms with van der Waals surface area (Å²) in [6, 6.07) is 0. The van der Waals surface area contributed by atoms with Gasteiger partial charge in [-0.25, -0.2) is 4.79 Å². The van der Waals surface area contributed by atoms with Crippen molar-refractivity contribution >= 4 is 34.3 Å². The number of hydrogen-bond acceptors (Lipinski definition) is 3. The molecule has 1 saturated carbocycles. The minimum Gasteiger partial charge on any atom is -0.466 e. The second-order valence-corrected chi connectivity index (χ2v) is 5.98. The van der Waals surface area contributed by atoms with Gasteiger partial charge in [0.15, 0.2) is 0 Å². The fourth-order valence-corrected chi connectivity index (χ4v) is 2.87. The number of Topliss-reactive ketones (excluding diaryl/α,β-unsaturated/α-hetero) is 1. The molecule has 0 aromatic heterocycles. The van der Waals surface area contributed by atoms with Crippen molar-refractivity contribution in [3.63, 3.8) is 0 Å². The van der Waals surface area contributed by atoms with Crippen molar-refractivity contribution in [1.82, 2.24) is 0 Å².